The van der Waals surface area contributed by atoms with Crippen molar-refractivity contribution >= 4 is 0 Å². The van der Waals surface area contributed by atoms with Gasteiger partial charge in [0.1, 0.15) is 0 Å². The lowest BCUT2D eigenvalue weighted by Crippen LogP contribution is -2.17. The Labute approximate surface area is 128 Å². The molecule has 2 rings (SSSR count). The second-order valence-electron chi connectivity index (χ2n) is 6.89. The minimum atomic E-state index is -0.647. The van der Waals surface area contributed by atoms with Gasteiger partial charge in [0, 0.05) is 0 Å². The van der Waals surface area contributed by atoms with Gasteiger partial charge in [0.25, 0.3) is 0 Å². The number of rotatable bonds is 6. The smallest absolute Gasteiger partial charge is 0.162 e. The van der Waals surface area contributed by atoms with Crippen LogP contribution in [0.25, 0.3) is 0 Å². The number of benzene rings is 1. The number of aryl methyl sites for hydroxylation is 2. The van der Waals surface area contributed by atoms with E-state index in [4.69, 9.17) is 0 Å². The van der Waals surface area contributed by atoms with Gasteiger partial charge < -0.3 is 0 Å². The second kappa shape index (κ2) is 7.38. The average molecular weight is 294 g/mol. The Bertz CT molecular complexity index is 479. The molecule has 21 heavy (non-hydrogen) atoms. The third kappa shape index (κ3) is 4.05. The van der Waals surface area contributed by atoms with E-state index in [0.29, 0.717) is 17.0 Å². The summed E-state index contributed by atoms with van der Waals surface area (Å²) in [7, 11) is 0. The molecule has 0 saturated carbocycles. The molecule has 0 amide bonds. The molecule has 0 radical (unpaired) electrons. The van der Waals surface area contributed by atoms with Crippen LogP contribution < -0.4 is 0 Å². The van der Waals surface area contributed by atoms with Gasteiger partial charge in [0.15, 0.2) is 11.6 Å². The molecule has 0 aliphatic heterocycles. The normalized spacial score (nSPS) is 19.4. The zero-order valence-corrected chi connectivity index (χ0v) is 13.6. The fourth-order valence-corrected chi connectivity index (χ4v) is 3.69. The molecule has 2 unspecified atom stereocenters. The summed E-state index contributed by atoms with van der Waals surface area (Å²) in [6, 6.07) is 1.84. The van der Waals surface area contributed by atoms with Crippen LogP contribution >= 0.6 is 0 Å². The van der Waals surface area contributed by atoms with Crippen molar-refractivity contribution in [3.8, 4) is 0 Å². The third-order valence-corrected chi connectivity index (χ3v) is 4.99. The van der Waals surface area contributed by atoms with Crippen LogP contribution in [-0.4, -0.2) is 0 Å². The van der Waals surface area contributed by atoms with Gasteiger partial charge >= 0.3 is 0 Å². The molecule has 0 aromatic heterocycles. The molecule has 1 aromatic rings. The number of fused-ring (bicyclic) bond motifs is 1. The van der Waals surface area contributed by atoms with E-state index >= 15 is 0 Å². The van der Waals surface area contributed by atoms with E-state index in [1.807, 2.05) is 6.07 Å². The minimum absolute atomic E-state index is 0.443. The van der Waals surface area contributed by atoms with E-state index in [1.54, 1.807) is 6.92 Å². The fourth-order valence-electron chi connectivity index (χ4n) is 3.69. The van der Waals surface area contributed by atoms with Gasteiger partial charge in [-0.25, -0.2) is 8.78 Å². The Morgan fingerprint density at radius 2 is 2.00 bits per heavy atom. The summed E-state index contributed by atoms with van der Waals surface area (Å²) in [6.45, 7) is 6.20. The summed E-state index contributed by atoms with van der Waals surface area (Å²) in [6.07, 6.45) is 8.94. The molecule has 0 bridgehead atoms. The summed E-state index contributed by atoms with van der Waals surface area (Å²) in [4.78, 5) is 0. The van der Waals surface area contributed by atoms with Crippen LogP contribution in [0.1, 0.15) is 69.1 Å². The maximum absolute atomic E-state index is 14.1. The van der Waals surface area contributed by atoms with Crippen LogP contribution in [0.5, 0.6) is 0 Å². The first-order valence-electron chi connectivity index (χ1n) is 8.49. The van der Waals surface area contributed by atoms with Crippen molar-refractivity contribution in [1.29, 1.82) is 0 Å². The summed E-state index contributed by atoms with van der Waals surface area (Å²) >= 11 is 0. The maximum atomic E-state index is 14.1. The molecule has 0 nitrogen and oxygen atoms in total. The van der Waals surface area contributed by atoms with Gasteiger partial charge in [0.05, 0.1) is 0 Å². The monoisotopic (exact) mass is 294 g/mol. The molecule has 1 aliphatic rings. The van der Waals surface area contributed by atoms with Crippen LogP contribution in [-0.2, 0) is 12.8 Å². The Kier molecular flexibility index (Phi) is 5.78. The van der Waals surface area contributed by atoms with Gasteiger partial charge in [-0.3, -0.25) is 0 Å². The summed E-state index contributed by atoms with van der Waals surface area (Å²) in [5.74, 6) is 0.0886. The van der Waals surface area contributed by atoms with Crippen molar-refractivity contribution in [3.63, 3.8) is 0 Å². The van der Waals surface area contributed by atoms with Gasteiger partial charge in [-0.1, -0.05) is 52.0 Å². The zero-order chi connectivity index (χ0) is 15.4. The molecular weight excluding hydrogens is 266 g/mol. The molecular formula is C19H28F2. The van der Waals surface area contributed by atoms with Crippen LogP contribution in [0.4, 0.5) is 8.78 Å². The maximum Gasteiger partial charge on any atom is 0.162 e. The molecule has 1 aromatic carbocycles. The highest BCUT2D eigenvalue weighted by atomic mass is 19.2. The van der Waals surface area contributed by atoms with Crippen molar-refractivity contribution in [3.05, 3.63) is 34.4 Å². The van der Waals surface area contributed by atoms with Crippen LogP contribution in [0.2, 0.25) is 0 Å². The number of hydrogen-bond donors (Lipinski definition) is 0. The lowest BCUT2D eigenvalue weighted by Gasteiger charge is -2.26. The quantitative estimate of drug-likeness (QED) is 0.605. The van der Waals surface area contributed by atoms with Crippen molar-refractivity contribution in [2.45, 2.75) is 72.1 Å². The van der Waals surface area contributed by atoms with Crippen molar-refractivity contribution in [1.82, 2.24) is 0 Å². The molecule has 2 atom stereocenters. The Morgan fingerprint density at radius 1 is 1.24 bits per heavy atom. The highest BCUT2D eigenvalue weighted by molar-refractivity contribution is 5.36. The summed E-state index contributed by atoms with van der Waals surface area (Å²) in [5, 5.41) is 0. The Morgan fingerprint density at radius 3 is 2.71 bits per heavy atom. The minimum Gasteiger partial charge on any atom is -0.203 e. The average Bonchev–Trinajstić information content (AvgIpc) is 2.46. The lowest BCUT2D eigenvalue weighted by molar-refractivity contribution is 0.368. The van der Waals surface area contributed by atoms with Gasteiger partial charge in [-0.15, -0.1) is 0 Å². The molecule has 118 valence electrons. The van der Waals surface area contributed by atoms with Crippen molar-refractivity contribution < 1.29 is 8.78 Å². The molecule has 0 heterocycles. The predicted molar refractivity (Wildman–Crippen MR) is 84.5 cm³/mol. The topological polar surface area (TPSA) is 0 Å². The van der Waals surface area contributed by atoms with E-state index in [-0.39, 0.29) is 0 Å². The van der Waals surface area contributed by atoms with E-state index in [0.717, 1.165) is 37.2 Å². The summed E-state index contributed by atoms with van der Waals surface area (Å²) in [5.41, 5.74) is 2.12. The third-order valence-electron chi connectivity index (χ3n) is 4.99. The van der Waals surface area contributed by atoms with Gasteiger partial charge in [-0.05, 0) is 54.7 Å². The first-order valence-corrected chi connectivity index (χ1v) is 8.49. The molecule has 0 fully saturated rings. The van der Waals surface area contributed by atoms with Crippen molar-refractivity contribution in [2.24, 2.45) is 11.8 Å². The molecule has 1 aliphatic carbocycles. The first kappa shape index (κ1) is 16.5. The number of hydrogen-bond acceptors (Lipinski definition) is 0. The van der Waals surface area contributed by atoms with E-state index in [2.05, 4.69) is 13.8 Å². The van der Waals surface area contributed by atoms with E-state index in [1.165, 1.54) is 25.7 Å². The fraction of sp³-hybridized carbons (Fsp3) is 0.684. The summed E-state index contributed by atoms with van der Waals surface area (Å²) < 4.78 is 27.8. The Balaban J connectivity index is 1.92. The van der Waals surface area contributed by atoms with Gasteiger partial charge in [-0.2, -0.15) is 0 Å². The van der Waals surface area contributed by atoms with Crippen LogP contribution in [0, 0.1) is 30.4 Å². The SMILES string of the molecule is CCCC(C)CCCC1CCc2cc(C)c(F)c(F)c2C1. The van der Waals surface area contributed by atoms with Crippen LogP contribution in [0.15, 0.2) is 6.07 Å². The molecule has 0 saturated heterocycles. The second-order valence-corrected chi connectivity index (χ2v) is 6.89. The largest absolute Gasteiger partial charge is 0.203 e. The number of halogens is 2. The van der Waals surface area contributed by atoms with E-state index in [9.17, 15) is 8.78 Å². The highest BCUT2D eigenvalue weighted by Crippen LogP contribution is 2.33. The first-order chi connectivity index (χ1) is 10.0. The zero-order valence-electron chi connectivity index (χ0n) is 13.6. The van der Waals surface area contributed by atoms with Gasteiger partial charge in [0.2, 0.25) is 0 Å². The Hall–Kier alpha value is -0.920. The molecule has 0 spiro atoms. The molecule has 0 N–H and O–H groups in total. The lowest BCUT2D eigenvalue weighted by atomic mass is 9.80. The standard InChI is InChI=1S/C19H28F2/c1-4-6-13(2)7-5-8-15-9-10-16-11-14(3)18(20)19(21)17(16)12-15/h11,13,15H,4-10,12H2,1-3H3. The van der Waals surface area contributed by atoms with Crippen LogP contribution in [0.3, 0.4) is 0 Å². The van der Waals surface area contributed by atoms with E-state index < -0.39 is 11.6 Å². The van der Waals surface area contributed by atoms with Crippen molar-refractivity contribution in [2.75, 3.05) is 0 Å². The predicted octanol–water partition coefficient (Wildman–Crippen LogP) is 5.98. The highest BCUT2D eigenvalue weighted by Gasteiger charge is 2.24. The molecule has 2 heteroatoms.